The molecule has 0 fully saturated rings. The first-order valence-corrected chi connectivity index (χ1v) is 9.47. The minimum atomic E-state index is -0.0564. The average molecular weight is 363 g/mol. The fraction of sp³-hybridized carbons (Fsp3) is 0.600. The number of aliphatic imine (C=N–C) groups is 1. The van der Waals surface area contributed by atoms with Gasteiger partial charge in [0.15, 0.2) is 5.96 Å². The van der Waals surface area contributed by atoms with Crippen molar-refractivity contribution in [3.63, 3.8) is 0 Å². The first-order valence-electron chi connectivity index (χ1n) is 9.47. The molecule has 0 bridgehead atoms. The normalized spacial score (nSPS) is 11.5. The maximum atomic E-state index is 11.0. The number of carbonyl (C=O) groups is 1. The summed E-state index contributed by atoms with van der Waals surface area (Å²) in [6, 6.07) is 7.90. The monoisotopic (exact) mass is 362 g/mol. The van der Waals surface area contributed by atoms with Crippen molar-refractivity contribution in [3.8, 4) is 0 Å². The Kier molecular flexibility index (Phi) is 11.1. The van der Waals surface area contributed by atoms with Crippen LogP contribution in [0.4, 0.5) is 5.69 Å². The number of amides is 1. The zero-order chi connectivity index (χ0) is 19.2. The van der Waals surface area contributed by atoms with E-state index in [1.807, 2.05) is 24.3 Å². The Hall–Kier alpha value is -2.08. The molecule has 0 aliphatic carbocycles. The van der Waals surface area contributed by atoms with Crippen LogP contribution in [0, 0.1) is 5.92 Å². The molecule has 0 saturated heterocycles. The summed E-state index contributed by atoms with van der Waals surface area (Å²) >= 11 is 0. The molecule has 0 aliphatic rings. The molecule has 26 heavy (non-hydrogen) atoms. The standard InChI is InChI=1S/C20H34N4O2/c1-5-21-20(23-13-15-26-14-11-16(2)3)22-12-10-18-6-8-19(9-7-18)24-17(4)25/h6-9,16H,5,10-15H2,1-4H3,(H,24,25)(H2,21,22,23). The van der Waals surface area contributed by atoms with Gasteiger partial charge < -0.3 is 20.7 Å². The van der Waals surface area contributed by atoms with E-state index in [1.54, 1.807) is 0 Å². The van der Waals surface area contributed by atoms with Gasteiger partial charge in [-0.25, -0.2) is 0 Å². The van der Waals surface area contributed by atoms with E-state index in [0.717, 1.165) is 44.2 Å². The lowest BCUT2D eigenvalue weighted by atomic mass is 10.1. The van der Waals surface area contributed by atoms with E-state index in [-0.39, 0.29) is 5.91 Å². The zero-order valence-corrected chi connectivity index (χ0v) is 16.6. The van der Waals surface area contributed by atoms with Gasteiger partial charge in [0, 0.05) is 32.3 Å². The highest BCUT2D eigenvalue weighted by Crippen LogP contribution is 2.09. The van der Waals surface area contributed by atoms with Gasteiger partial charge >= 0.3 is 0 Å². The SMILES string of the molecule is CCNC(=NCCOCCC(C)C)NCCc1ccc(NC(C)=O)cc1. The molecule has 146 valence electrons. The first kappa shape index (κ1) is 22.0. The van der Waals surface area contributed by atoms with E-state index in [9.17, 15) is 4.79 Å². The maximum absolute atomic E-state index is 11.0. The van der Waals surface area contributed by atoms with Gasteiger partial charge in [0.2, 0.25) is 5.91 Å². The topological polar surface area (TPSA) is 74.8 Å². The minimum absolute atomic E-state index is 0.0564. The van der Waals surface area contributed by atoms with Crippen molar-refractivity contribution in [2.45, 2.75) is 40.5 Å². The molecule has 6 nitrogen and oxygen atoms in total. The van der Waals surface area contributed by atoms with Crippen LogP contribution in [0.15, 0.2) is 29.3 Å². The van der Waals surface area contributed by atoms with Crippen LogP contribution in [-0.4, -0.2) is 44.7 Å². The Morgan fingerprint density at radius 3 is 2.50 bits per heavy atom. The molecule has 1 amide bonds. The van der Waals surface area contributed by atoms with Gasteiger partial charge in [-0.3, -0.25) is 9.79 Å². The van der Waals surface area contributed by atoms with E-state index in [2.05, 4.69) is 41.7 Å². The van der Waals surface area contributed by atoms with Gasteiger partial charge in [-0.15, -0.1) is 0 Å². The minimum Gasteiger partial charge on any atom is -0.380 e. The molecular weight excluding hydrogens is 328 g/mol. The fourth-order valence-corrected chi connectivity index (χ4v) is 2.27. The van der Waals surface area contributed by atoms with Crippen LogP contribution >= 0.6 is 0 Å². The third-order valence-electron chi connectivity index (χ3n) is 3.67. The molecule has 0 spiro atoms. The number of guanidine groups is 1. The smallest absolute Gasteiger partial charge is 0.221 e. The van der Waals surface area contributed by atoms with Crippen molar-refractivity contribution in [2.24, 2.45) is 10.9 Å². The van der Waals surface area contributed by atoms with Crippen LogP contribution in [0.5, 0.6) is 0 Å². The van der Waals surface area contributed by atoms with Crippen LogP contribution in [0.1, 0.15) is 39.7 Å². The summed E-state index contributed by atoms with van der Waals surface area (Å²) < 4.78 is 5.59. The van der Waals surface area contributed by atoms with Crippen molar-refractivity contribution in [1.82, 2.24) is 10.6 Å². The van der Waals surface area contributed by atoms with Gasteiger partial charge in [-0.2, -0.15) is 0 Å². The molecule has 0 saturated carbocycles. The molecule has 6 heteroatoms. The second kappa shape index (κ2) is 13.2. The quantitative estimate of drug-likeness (QED) is 0.321. The molecule has 1 aromatic carbocycles. The molecule has 0 aliphatic heterocycles. The van der Waals surface area contributed by atoms with Gasteiger partial charge in [0.1, 0.15) is 0 Å². The molecular formula is C20H34N4O2. The second-order valence-electron chi connectivity index (χ2n) is 6.61. The molecule has 1 rings (SSSR count). The van der Waals surface area contributed by atoms with Crippen LogP contribution < -0.4 is 16.0 Å². The number of nitrogens with one attached hydrogen (secondary N) is 3. The Labute approximate surface area is 157 Å². The number of rotatable bonds is 11. The van der Waals surface area contributed by atoms with Crippen molar-refractivity contribution < 1.29 is 9.53 Å². The highest BCUT2D eigenvalue weighted by molar-refractivity contribution is 5.88. The third kappa shape index (κ3) is 10.7. The second-order valence-corrected chi connectivity index (χ2v) is 6.61. The number of hydrogen-bond acceptors (Lipinski definition) is 3. The Balaban J connectivity index is 2.31. The van der Waals surface area contributed by atoms with E-state index in [1.165, 1.54) is 12.5 Å². The molecule has 0 unspecified atom stereocenters. The molecule has 3 N–H and O–H groups in total. The fourth-order valence-electron chi connectivity index (χ4n) is 2.27. The summed E-state index contributed by atoms with van der Waals surface area (Å²) in [7, 11) is 0. The number of anilines is 1. The summed E-state index contributed by atoms with van der Waals surface area (Å²) in [6.45, 7) is 11.7. The van der Waals surface area contributed by atoms with E-state index in [0.29, 0.717) is 19.1 Å². The van der Waals surface area contributed by atoms with E-state index in [4.69, 9.17) is 4.74 Å². The first-order chi connectivity index (χ1) is 12.5. The van der Waals surface area contributed by atoms with Crippen molar-refractivity contribution in [1.29, 1.82) is 0 Å². The third-order valence-corrected chi connectivity index (χ3v) is 3.67. The summed E-state index contributed by atoms with van der Waals surface area (Å²) in [6.07, 6.45) is 1.97. The lowest BCUT2D eigenvalue weighted by Crippen LogP contribution is -2.38. The number of carbonyl (C=O) groups excluding carboxylic acids is 1. The van der Waals surface area contributed by atoms with Crippen molar-refractivity contribution in [3.05, 3.63) is 29.8 Å². The summed E-state index contributed by atoms with van der Waals surface area (Å²) in [4.78, 5) is 15.6. The van der Waals surface area contributed by atoms with Crippen molar-refractivity contribution >= 4 is 17.6 Å². The molecule has 0 atom stereocenters. The molecule has 1 aromatic rings. The lowest BCUT2D eigenvalue weighted by Gasteiger charge is -2.12. The number of hydrogen-bond donors (Lipinski definition) is 3. The largest absolute Gasteiger partial charge is 0.380 e. The predicted molar refractivity (Wildman–Crippen MR) is 109 cm³/mol. The summed E-state index contributed by atoms with van der Waals surface area (Å²) in [5.74, 6) is 1.43. The van der Waals surface area contributed by atoms with Gasteiger partial charge in [0.05, 0.1) is 13.2 Å². The molecule has 0 radical (unpaired) electrons. The Bertz CT molecular complexity index is 541. The predicted octanol–water partition coefficient (Wildman–Crippen LogP) is 2.81. The van der Waals surface area contributed by atoms with E-state index >= 15 is 0 Å². The highest BCUT2D eigenvalue weighted by atomic mass is 16.5. The van der Waals surface area contributed by atoms with Gasteiger partial charge in [-0.1, -0.05) is 26.0 Å². The van der Waals surface area contributed by atoms with Crippen LogP contribution in [0.3, 0.4) is 0 Å². The van der Waals surface area contributed by atoms with Crippen LogP contribution in [0.2, 0.25) is 0 Å². The van der Waals surface area contributed by atoms with Crippen molar-refractivity contribution in [2.75, 3.05) is 38.2 Å². The van der Waals surface area contributed by atoms with Crippen LogP contribution in [-0.2, 0) is 16.0 Å². The number of nitrogens with zero attached hydrogens (tertiary/aromatic N) is 1. The number of benzene rings is 1. The lowest BCUT2D eigenvalue weighted by molar-refractivity contribution is -0.114. The maximum Gasteiger partial charge on any atom is 0.221 e. The Morgan fingerprint density at radius 1 is 1.15 bits per heavy atom. The average Bonchev–Trinajstić information content (AvgIpc) is 2.58. The number of ether oxygens (including phenoxy) is 1. The van der Waals surface area contributed by atoms with Gasteiger partial charge in [0.25, 0.3) is 0 Å². The molecule has 0 aromatic heterocycles. The molecule has 0 heterocycles. The van der Waals surface area contributed by atoms with E-state index < -0.39 is 0 Å². The van der Waals surface area contributed by atoms with Crippen LogP contribution in [0.25, 0.3) is 0 Å². The zero-order valence-electron chi connectivity index (χ0n) is 16.6. The Morgan fingerprint density at radius 2 is 1.88 bits per heavy atom. The highest BCUT2D eigenvalue weighted by Gasteiger charge is 2.00. The van der Waals surface area contributed by atoms with Gasteiger partial charge in [-0.05, 0) is 43.4 Å². The summed E-state index contributed by atoms with van der Waals surface area (Å²) in [5, 5.41) is 9.35. The summed E-state index contributed by atoms with van der Waals surface area (Å²) in [5.41, 5.74) is 2.03.